The normalized spacial score (nSPS) is 17.0. The summed E-state index contributed by atoms with van der Waals surface area (Å²) in [5, 5.41) is 0. The predicted molar refractivity (Wildman–Crippen MR) is 79.3 cm³/mol. The molecule has 2 heteroatoms. The summed E-state index contributed by atoms with van der Waals surface area (Å²) in [7, 11) is 0. The molecule has 0 fully saturated rings. The van der Waals surface area contributed by atoms with Gasteiger partial charge in [-0.2, -0.15) is 0 Å². The van der Waals surface area contributed by atoms with Gasteiger partial charge in [0.25, 0.3) is 0 Å². The van der Waals surface area contributed by atoms with Crippen molar-refractivity contribution in [2.45, 2.75) is 45.4 Å². The average Bonchev–Trinajstić information content (AvgIpc) is 2.75. The Labute approximate surface area is 111 Å². The van der Waals surface area contributed by atoms with Gasteiger partial charge in [0.2, 0.25) is 0 Å². The van der Waals surface area contributed by atoms with E-state index in [9.17, 15) is 0 Å². The van der Waals surface area contributed by atoms with Crippen LogP contribution in [0.15, 0.2) is 18.2 Å². The molecule has 0 unspecified atom stereocenters. The lowest BCUT2D eigenvalue weighted by atomic mass is 9.75. The van der Waals surface area contributed by atoms with Gasteiger partial charge in [0, 0.05) is 24.2 Å². The fraction of sp³-hybridized carbons (Fsp3) is 0.625. The lowest BCUT2D eigenvalue weighted by molar-refractivity contribution is 0.418. The van der Waals surface area contributed by atoms with Gasteiger partial charge in [0.05, 0.1) is 0 Å². The highest BCUT2D eigenvalue weighted by Crippen LogP contribution is 2.46. The number of benzene rings is 1. The first-order valence-electron chi connectivity index (χ1n) is 7.29. The van der Waals surface area contributed by atoms with E-state index in [4.69, 9.17) is 5.73 Å². The second-order valence-electron chi connectivity index (χ2n) is 5.35. The Balaban J connectivity index is 2.56. The van der Waals surface area contributed by atoms with Crippen molar-refractivity contribution in [3.05, 3.63) is 29.3 Å². The number of nitrogens with two attached hydrogens (primary N) is 1. The number of nitrogens with zero attached hydrogens (tertiary/aromatic N) is 1. The Hall–Kier alpha value is -1.02. The minimum absolute atomic E-state index is 0.344. The largest absolute Gasteiger partial charge is 0.371 e. The van der Waals surface area contributed by atoms with E-state index in [2.05, 4.69) is 43.9 Å². The van der Waals surface area contributed by atoms with E-state index in [1.807, 2.05) is 0 Å². The zero-order chi connectivity index (χ0) is 13.2. The molecule has 2 N–H and O–H groups in total. The number of hydrogen-bond donors (Lipinski definition) is 1. The Morgan fingerprint density at radius 2 is 1.94 bits per heavy atom. The maximum atomic E-state index is 5.78. The van der Waals surface area contributed by atoms with Crippen LogP contribution in [-0.4, -0.2) is 19.6 Å². The third kappa shape index (κ3) is 1.93. The minimum atomic E-state index is 0.344. The minimum Gasteiger partial charge on any atom is -0.371 e. The molecule has 0 spiro atoms. The van der Waals surface area contributed by atoms with Crippen molar-refractivity contribution in [3.8, 4) is 0 Å². The molecule has 2 rings (SSSR count). The van der Waals surface area contributed by atoms with E-state index in [0.29, 0.717) is 5.41 Å². The zero-order valence-corrected chi connectivity index (χ0v) is 12.0. The number of likely N-dealkylation sites (N-methyl/N-ethyl adjacent to an activating group) is 1. The lowest BCUT2D eigenvalue weighted by Crippen LogP contribution is -2.32. The molecule has 0 aromatic heterocycles. The van der Waals surface area contributed by atoms with Gasteiger partial charge in [0.15, 0.2) is 0 Å². The Kier molecular flexibility index (Phi) is 3.96. The van der Waals surface area contributed by atoms with E-state index in [1.54, 1.807) is 5.56 Å². The van der Waals surface area contributed by atoms with Crippen LogP contribution in [0, 0.1) is 0 Å². The molecule has 2 nitrogen and oxygen atoms in total. The summed E-state index contributed by atoms with van der Waals surface area (Å²) in [6, 6.07) is 6.74. The monoisotopic (exact) mass is 246 g/mol. The smallest absolute Gasteiger partial charge is 0.0408 e. The van der Waals surface area contributed by atoms with Gasteiger partial charge in [-0.3, -0.25) is 0 Å². The highest BCUT2D eigenvalue weighted by atomic mass is 15.2. The average molecular weight is 246 g/mol. The van der Waals surface area contributed by atoms with Crippen molar-refractivity contribution in [2.75, 3.05) is 24.5 Å². The molecule has 0 saturated heterocycles. The number of hydrogen-bond acceptors (Lipinski definition) is 2. The molecule has 1 aliphatic rings. The van der Waals surface area contributed by atoms with E-state index in [-0.39, 0.29) is 0 Å². The van der Waals surface area contributed by atoms with Gasteiger partial charge in [0.1, 0.15) is 0 Å². The fourth-order valence-electron chi connectivity index (χ4n) is 3.47. The van der Waals surface area contributed by atoms with Gasteiger partial charge < -0.3 is 10.6 Å². The molecule has 0 bridgehead atoms. The number of fused-ring (bicyclic) bond motifs is 1. The third-order valence-corrected chi connectivity index (χ3v) is 4.64. The van der Waals surface area contributed by atoms with Crippen LogP contribution < -0.4 is 10.6 Å². The molecule has 1 heterocycles. The summed E-state index contributed by atoms with van der Waals surface area (Å²) < 4.78 is 0. The second kappa shape index (κ2) is 5.31. The molecule has 0 radical (unpaired) electrons. The SMILES string of the molecule is CCN1CC(CC)(CC)c2c(CCN)cccc21. The van der Waals surface area contributed by atoms with Crippen LogP contribution >= 0.6 is 0 Å². The van der Waals surface area contributed by atoms with Crippen molar-refractivity contribution >= 4 is 5.69 Å². The quantitative estimate of drug-likeness (QED) is 0.865. The molecule has 100 valence electrons. The third-order valence-electron chi connectivity index (χ3n) is 4.64. The number of anilines is 1. The van der Waals surface area contributed by atoms with E-state index in [1.165, 1.54) is 30.6 Å². The zero-order valence-electron chi connectivity index (χ0n) is 12.0. The van der Waals surface area contributed by atoms with E-state index < -0.39 is 0 Å². The summed E-state index contributed by atoms with van der Waals surface area (Å²) in [4.78, 5) is 2.53. The van der Waals surface area contributed by atoms with Gasteiger partial charge in [-0.25, -0.2) is 0 Å². The molecule has 18 heavy (non-hydrogen) atoms. The molecular formula is C16H26N2. The van der Waals surface area contributed by atoms with Gasteiger partial charge in [-0.05, 0) is 49.9 Å². The summed E-state index contributed by atoms with van der Waals surface area (Å²) in [6.45, 7) is 9.92. The van der Waals surface area contributed by atoms with E-state index >= 15 is 0 Å². The van der Waals surface area contributed by atoms with Gasteiger partial charge >= 0.3 is 0 Å². The van der Waals surface area contributed by atoms with Crippen LogP contribution in [0.1, 0.15) is 44.7 Å². The highest BCUT2D eigenvalue weighted by Gasteiger charge is 2.40. The molecule has 1 aliphatic heterocycles. The highest BCUT2D eigenvalue weighted by molar-refractivity contribution is 5.65. The molecule has 0 amide bonds. The van der Waals surface area contributed by atoms with Crippen molar-refractivity contribution in [1.82, 2.24) is 0 Å². The molecule has 1 aromatic carbocycles. The molecule has 0 aliphatic carbocycles. The standard InChI is InChI=1S/C16H26N2/c1-4-16(5-2)12-18(6-3)14-9-7-8-13(10-11-17)15(14)16/h7-9H,4-6,10-12,17H2,1-3H3. The maximum Gasteiger partial charge on any atom is 0.0408 e. The molecule has 0 saturated carbocycles. The van der Waals surface area contributed by atoms with Crippen LogP contribution in [0.4, 0.5) is 5.69 Å². The summed E-state index contributed by atoms with van der Waals surface area (Å²) in [6.07, 6.45) is 3.44. The number of rotatable bonds is 5. The van der Waals surface area contributed by atoms with Crippen LogP contribution in [0.3, 0.4) is 0 Å². The topological polar surface area (TPSA) is 29.3 Å². The first-order valence-corrected chi connectivity index (χ1v) is 7.29. The molecule has 0 atom stereocenters. The van der Waals surface area contributed by atoms with Crippen LogP contribution in [0.2, 0.25) is 0 Å². The molecular weight excluding hydrogens is 220 g/mol. The predicted octanol–water partition coefficient (Wildman–Crippen LogP) is 3.09. The Morgan fingerprint density at radius 1 is 1.22 bits per heavy atom. The van der Waals surface area contributed by atoms with Crippen LogP contribution in [0.25, 0.3) is 0 Å². The van der Waals surface area contributed by atoms with Crippen molar-refractivity contribution in [3.63, 3.8) is 0 Å². The Bertz CT molecular complexity index is 408. The Morgan fingerprint density at radius 3 is 2.50 bits per heavy atom. The summed E-state index contributed by atoms with van der Waals surface area (Å²) >= 11 is 0. The van der Waals surface area contributed by atoms with Crippen LogP contribution in [0.5, 0.6) is 0 Å². The fourth-order valence-corrected chi connectivity index (χ4v) is 3.47. The lowest BCUT2D eigenvalue weighted by Gasteiger charge is -2.29. The van der Waals surface area contributed by atoms with Gasteiger partial charge in [-0.1, -0.05) is 26.0 Å². The van der Waals surface area contributed by atoms with Gasteiger partial charge in [-0.15, -0.1) is 0 Å². The first-order chi connectivity index (χ1) is 8.72. The van der Waals surface area contributed by atoms with Crippen molar-refractivity contribution in [1.29, 1.82) is 0 Å². The van der Waals surface area contributed by atoms with Crippen molar-refractivity contribution < 1.29 is 0 Å². The summed E-state index contributed by atoms with van der Waals surface area (Å²) in [5.74, 6) is 0. The van der Waals surface area contributed by atoms with Crippen LogP contribution in [-0.2, 0) is 11.8 Å². The van der Waals surface area contributed by atoms with E-state index in [0.717, 1.165) is 19.5 Å². The van der Waals surface area contributed by atoms with Crippen molar-refractivity contribution in [2.24, 2.45) is 5.73 Å². The first kappa shape index (κ1) is 13.4. The summed E-state index contributed by atoms with van der Waals surface area (Å²) in [5.41, 5.74) is 10.6. The second-order valence-corrected chi connectivity index (χ2v) is 5.35. The maximum absolute atomic E-state index is 5.78. The molecule has 1 aromatic rings.